The van der Waals surface area contributed by atoms with E-state index in [1.807, 2.05) is 13.8 Å². The maximum Gasteiger partial charge on any atom is 0.313 e. The number of rotatable bonds is 11. The molecule has 0 saturated heterocycles. The normalized spacial score (nSPS) is 13.4. The summed E-state index contributed by atoms with van der Waals surface area (Å²) in [5, 5.41) is 12.9. The molecule has 0 unspecified atom stereocenters. The number of thioether (sulfide) groups is 1. The van der Waals surface area contributed by atoms with Crippen LogP contribution in [0, 0.1) is 5.92 Å². The van der Waals surface area contributed by atoms with Crippen LogP contribution in [-0.4, -0.2) is 53.1 Å². The summed E-state index contributed by atoms with van der Waals surface area (Å²) in [6, 6.07) is 7.57. The van der Waals surface area contributed by atoms with Gasteiger partial charge >= 0.3 is 5.92 Å². The van der Waals surface area contributed by atoms with Crippen molar-refractivity contribution in [1.82, 2.24) is 15.0 Å². The molecule has 1 aromatic carbocycles. The third-order valence-electron chi connectivity index (χ3n) is 4.37. The van der Waals surface area contributed by atoms with Crippen molar-refractivity contribution >= 4 is 44.7 Å². The number of hydrogen-bond donors (Lipinski definition) is 3. The standard InChI is InChI=1S/C20H25F2N5O4S2/c1-12(2)8-14(10-28)23-17-24-18(27-33(3,29)30)26-19(25-17)32-11-20(21,22)16-9-13-6-4-5-7-15(13)31-16/h4-7,9,12,14,28H,8,10-11H2,1-3H3,(H2,23,24,25,26,27)/t14-/m1/s1. The summed E-state index contributed by atoms with van der Waals surface area (Å²) in [6.07, 6.45) is 1.51. The smallest absolute Gasteiger partial charge is 0.313 e. The van der Waals surface area contributed by atoms with E-state index >= 15 is 0 Å². The van der Waals surface area contributed by atoms with Crippen molar-refractivity contribution in [2.75, 3.05) is 28.7 Å². The highest BCUT2D eigenvalue weighted by Crippen LogP contribution is 2.37. The highest BCUT2D eigenvalue weighted by molar-refractivity contribution is 7.99. The van der Waals surface area contributed by atoms with Crippen molar-refractivity contribution in [2.24, 2.45) is 5.92 Å². The van der Waals surface area contributed by atoms with Gasteiger partial charge in [0.1, 0.15) is 5.58 Å². The first kappa shape index (κ1) is 25.1. The summed E-state index contributed by atoms with van der Waals surface area (Å²) in [7, 11) is -3.72. The molecule has 180 valence electrons. The van der Waals surface area contributed by atoms with Crippen LogP contribution in [0.5, 0.6) is 0 Å². The summed E-state index contributed by atoms with van der Waals surface area (Å²) in [6.45, 7) is 3.72. The molecular weight excluding hydrogens is 476 g/mol. The van der Waals surface area contributed by atoms with Gasteiger partial charge in [-0.3, -0.25) is 4.72 Å². The number of anilines is 2. The summed E-state index contributed by atoms with van der Waals surface area (Å²) in [5.74, 6) is -4.67. The van der Waals surface area contributed by atoms with E-state index in [0.29, 0.717) is 29.2 Å². The van der Waals surface area contributed by atoms with Crippen LogP contribution in [0.2, 0.25) is 0 Å². The number of aliphatic hydroxyl groups excluding tert-OH is 1. The Labute approximate surface area is 194 Å². The van der Waals surface area contributed by atoms with Crippen LogP contribution in [0.15, 0.2) is 39.9 Å². The lowest BCUT2D eigenvalue weighted by molar-refractivity contribution is 0.00158. The molecule has 0 radical (unpaired) electrons. The second-order valence-corrected chi connectivity index (χ2v) is 10.6. The van der Waals surface area contributed by atoms with Crippen LogP contribution in [-0.2, 0) is 15.9 Å². The molecule has 0 spiro atoms. The Bertz CT molecular complexity index is 1170. The topological polar surface area (TPSA) is 130 Å². The second-order valence-electron chi connectivity index (χ2n) is 7.93. The SMILES string of the molecule is CC(C)C[C@H](CO)Nc1nc(NS(C)(=O)=O)nc(SCC(F)(F)c2cc3ccccc3o2)n1. The zero-order valence-corrected chi connectivity index (χ0v) is 19.9. The Kier molecular flexibility index (Phi) is 7.75. The van der Waals surface area contributed by atoms with Gasteiger partial charge < -0.3 is 14.8 Å². The third-order valence-corrected chi connectivity index (χ3v) is 5.87. The summed E-state index contributed by atoms with van der Waals surface area (Å²) in [4.78, 5) is 12.0. The molecule has 9 nitrogen and oxygen atoms in total. The Morgan fingerprint density at radius 1 is 1.18 bits per heavy atom. The number of furan rings is 1. The molecule has 0 fully saturated rings. The Morgan fingerprint density at radius 3 is 2.52 bits per heavy atom. The van der Waals surface area contributed by atoms with Gasteiger partial charge in [0.25, 0.3) is 0 Å². The Balaban J connectivity index is 1.83. The lowest BCUT2D eigenvalue weighted by Crippen LogP contribution is -2.27. The van der Waals surface area contributed by atoms with E-state index in [1.54, 1.807) is 24.3 Å². The van der Waals surface area contributed by atoms with E-state index in [4.69, 9.17) is 4.42 Å². The van der Waals surface area contributed by atoms with Gasteiger partial charge in [-0.25, -0.2) is 8.42 Å². The first-order valence-corrected chi connectivity index (χ1v) is 12.9. The molecule has 0 aliphatic heterocycles. The highest BCUT2D eigenvalue weighted by atomic mass is 32.2. The van der Waals surface area contributed by atoms with Crippen molar-refractivity contribution < 1.29 is 26.7 Å². The number of aliphatic hydroxyl groups is 1. The van der Waals surface area contributed by atoms with Gasteiger partial charge in [0.2, 0.25) is 21.9 Å². The minimum atomic E-state index is -3.72. The maximum absolute atomic E-state index is 14.8. The Morgan fingerprint density at radius 2 is 1.88 bits per heavy atom. The van der Waals surface area contributed by atoms with E-state index in [0.717, 1.165) is 6.26 Å². The summed E-state index contributed by atoms with van der Waals surface area (Å²) < 4.78 is 60.3. The van der Waals surface area contributed by atoms with Gasteiger partial charge in [0.05, 0.1) is 24.7 Å². The summed E-state index contributed by atoms with van der Waals surface area (Å²) in [5.41, 5.74) is 0.351. The molecular formula is C20H25F2N5O4S2. The molecule has 2 heterocycles. The second kappa shape index (κ2) is 10.2. The van der Waals surface area contributed by atoms with Crippen LogP contribution in [0.25, 0.3) is 11.0 Å². The van der Waals surface area contributed by atoms with Gasteiger partial charge in [0.15, 0.2) is 10.9 Å². The van der Waals surface area contributed by atoms with Gasteiger partial charge in [0, 0.05) is 5.39 Å². The molecule has 0 saturated carbocycles. The van der Waals surface area contributed by atoms with Crippen molar-refractivity contribution in [2.45, 2.75) is 37.4 Å². The van der Waals surface area contributed by atoms with Gasteiger partial charge in [-0.15, -0.1) is 0 Å². The third kappa shape index (κ3) is 7.24. The van der Waals surface area contributed by atoms with Crippen molar-refractivity contribution in [3.8, 4) is 0 Å². The van der Waals surface area contributed by atoms with Crippen LogP contribution >= 0.6 is 11.8 Å². The molecule has 0 aliphatic carbocycles. The molecule has 33 heavy (non-hydrogen) atoms. The number of para-hydroxylation sites is 1. The van der Waals surface area contributed by atoms with Crippen molar-refractivity contribution in [3.63, 3.8) is 0 Å². The monoisotopic (exact) mass is 501 g/mol. The lowest BCUT2D eigenvalue weighted by atomic mass is 10.0. The number of nitrogens with zero attached hydrogens (tertiary/aromatic N) is 3. The first-order chi connectivity index (χ1) is 15.4. The van der Waals surface area contributed by atoms with Crippen molar-refractivity contribution in [3.05, 3.63) is 36.1 Å². The average Bonchev–Trinajstić information content (AvgIpc) is 3.15. The van der Waals surface area contributed by atoms with E-state index in [-0.39, 0.29) is 29.6 Å². The van der Waals surface area contributed by atoms with Crippen molar-refractivity contribution in [1.29, 1.82) is 0 Å². The fraction of sp³-hybridized carbons (Fsp3) is 0.450. The zero-order chi connectivity index (χ0) is 24.2. The minimum Gasteiger partial charge on any atom is -0.455 e. The number of halogens is 2. The molecule has 13 heteroatoms. The Hall–Kier alpha value is -2.51. The number of alkyl halides is 2. The highest BCUT2D eigenvalue weighted by Gasteiger charge is 2.36. The lowest BCUT2D eigenvalue weighted by Gasteiger charge is -2.19. The number of benzene rings is 1. The van der Waals surface area contributed by atoms with Crippen LogP contribution in [0.4, 0.5) is 20.7 Å². The van der Waals surface area contributed by atoms with Crippen LogP contribution in [0.1, 0.15) is 26.0 Å². The quantitative estimate of drug-likeness (QED) is 0.337. The van der Waals surface area contributed by atoms with Gasteiger partial charge in [-0.05, 0) is 24.5 Å². The molecule has 2 aromatic heterocycles. The number of aromatic nitrogens is 3. The van der Waals surface area contributed by atoms with Gasteiger partial charge in [-0.1, -0.05) is 43.8 Å². The molecule has 3 N–H and O–H groups in total. The summed E-state index contributed by atoms with van der Waals surface area (Å²) >= 11 is 0.625. The molecule has 3 aromatic rings. The number of hydrogen-bond acceptors (Lipinski definition) is 9. The zero-order valence-electron chi connectivity index (χ0n) is 18.2. The predicted molar refractivity (Wildman–Crippen MR) is 123 cm³/mol. The van der Waals surface area contributed by atoms with E-state index < -0.39 is 33.5 Å². The minimum absolute atomic E-state index is 0.0367. The predicted octanol–water partition coefficient (Wildman–Crippen LogP) is 3.69. The number of nitrogens with one attached hydrogen (secondary N) is 2. The van der Waals surface area contributed by atoms with Gasteiger partial charge in [-0.2, -0.15) is 23.7 Å². The molecule has 1 atom stereocenters. The maximum atomic E-state index is 14.8. The average molecular weight is 502 g/mol. The molecule has 0 amide bonds. The molecule has 0 bridgehead atoms. The van der Waals surface area contributed by atoms with E-state index in [2.05, 4.69) is 25.0 Å². The molecule has 3 rings (SSSR count). The fourth-order valence-electron chi connectivity index (χ4n) is 3.02. The first-order valence-electron chi connectivity index (χ1n) is 10.1. The van der Waals surface area contributed by atoms with Crippen LogP contribution < -0.4 is 10.0 Å². The van der Waals surface area contributed by atoms with E-state index in [1.165, 1.54) is 6.07 Å². The number of sulfonamides is 1. The van der Waals surface area contributed by atoms with E-state index in [9.17, 15) is 22.3 Å². The molecule has 0 aliphatic rings. The largest absolute Gasteiger partial charge is 0.455 e. The van der Waals surface area contributed by atoms with Crippen LogP contribution in [0.3, 0.4) is 0 Å². The fourth-order valence-corrected chi connectivity index (χ4v) is 4.19. The number of fused-ring (bicyclic) bond motifs is 1.